The van der Waals surface area contributed by atoms with E-state index in [1.165, 1.54) is 0 Å². The summed E-state index contributed by atoms with van der Waals surface area (Å²) >= 11 is 3.45. The minimum Gasteiger partial charge on any atom is -0.490 e. The topological polar surface area (TPSA) is 94.6 Å². The van der Waals surface area contributed by atoms with Gasteiger partial charge in [0.25, 0.3) is 0 Å². The number of unbranched alkanes of at least 4 members (excludes halogenated alkanes) is 3. The molecule has 0 amide bonds. The number of nitrogens with zero attached hydrogens (tertiary/aromatic N) is 4. The molecule has 0 radical (unpaired) electrons. The quantitative estimate of drug-likeness (QED) is 0.247. The minimum absolute atomic E-state index is 0. The second-order valence-electron chi connectivity index (χ2n) is 8.23. The van der Waals surface area contributed by atoms with Crippen molar-refractivity contribution in [3.63, 3.8) is 0 Å². The Bertz CT molecular complexity index is 1070. The summed E-state index contributed by atoms with van der Waals surface area (Å²) in [4.78, 5) is 7.06. The van der Waals surface area contributed by atoms with Crippen LogP contribution < -0.4 is 10.5 Å². The number of hydrogen-bond acceptors (Lipinski definition) is 5. The van der Waals surface area contributed by atoms with Gasteiger partial charge in [0.15, 0.2) is 17.5 Å². The summed E-state index contributed by atoms with van der Waals surface area (Å²) in [6, 6.07) is 3.48. The van der Waals surface area contributed by atoms with Crippen LogP contribution in [0.4, 0.5) is 10.3 Å². The molecule has 3 rings (SSSR count). The molecule has 3 aromatic rings. The van der Waals surface area contributed by atoms with Gasteiger partial charge in [0.1, 0.15) is 0 Å². The standard InChI is InChI=1S/C24H32BrFN6O.ClH/c1-3-4-12-33-22-11-10-21(25)20(23(22)26)13-17(2)15-32-16-19(30-31-32)9-7-5-6-8-18-14-28-24(27)29-18;/h10-11,13-14,16H,3-9,12,15H2,1-2H3,(H3,27,28,29);1H/b17-13+;. The maximum atomic E-state index is 14.9. The highest BCUT2D eigenvalue weighted by Crippen LogP contribution is 2.30. The number of aromatic nitrogens is 5. The summed E-state index contributed by atoms with van der Waals surface area (Å²) in [5.74, 6) is 0.399. The van der Waals surface area contributed by atoms with Crippen LogP contribution in [0.5, 0.6) is 5.75 Å². The molecule has 0 atom stereocenters. The van der Waals surface area contributed by atoms with E-state index < -0.39 is 0 Å². The Kier molecular flexibility index (Phi) is 11.6. The van der Waals surface area contributed by atoms with E-state index >= 15 is 0 Å². The van der Waals surface area contributed by atoms with Gasteiger partial charge in [0, 0.05) is 21.9 Å². The van der Waals surface area contributed by atoms with Crippen LogP contribution in [0.2, 0.25) is 0 Å². The average Bonchev–Trinajstić information content (AvgIpc) is 3.41. The van der Waals surface area contributed by atoms with Gasteiger partial charge in [-0.2, -0.15) is 0 Å². The fourth-order valence-electron chi connectivity index (χ4n) is 3.50. The van der Waals surface area contributed by atoms with Gasteiger partial charge < -0.3 is 15.5 Å². The molecule has 1 aromatic carbocycles. The number of ether oxygens (including phenoxy) is 1. The number of aromatic amines is 1. The first kappa shape index (κ1) is 27.9. The molecular weight excluding hydrogens is 523 g/mol. The predicted molar refractivity (Wildman–Crippen MR) is 140 cm³/mol. The monoisotopic (exact) mass is 554 g/mol. The molecule has 0 unspecified atom stereocenters. The number of anilines is 1. The van der Waals surface area contributed by atoms with Gasteiger partial charge in [0.2, 0.25) is 0 Å². The summed E-state index contributed by atoms with van der Waals surface area (Å²) in [6.07, 6.45) is 12.5. The van der Waals surface area contributed by atoms with E-state index in [4.69, 9.17) is 10.5 Å². The van der Waals surface area contributed by atoms with Crippen LogP contribution in [0, 0.1) is 5.82 Å². The number of rotatable bonds is 13. The van der Waals surface area contributed by atoms with E-state index in [1.807, 2.05) is 25.3 Å². The van der Waals surface area contributed by atoms with Crippen molar-refractivity contribution < 1.29 is 9.13 Å². The van der Waals surface area contributed by atoms with Crippen molar-refractivity contribution in [2.45, 2.75) is 65.3 Å². The first-order valence-electron chi connectivity index (χ1n) is 11.4. The molecular formula is C24H33BrClFN6O. The van der Waals surface area contributed by atoms with Gasteiger partial charge in [0.05, 0.1) is 25.0 Å². The molecule has 3 N–H and O–H groups in total. The zero-order chi connectivity index (χ0) is 23.6. The van der Waals surface area contributed by atoms with Gasteiger partial charge >= 0.3 is 0 Å². The van der Waals surface area contributed by atoms with Crippen molar-refractivity contribution in [2.75, 3.05) is 12.3 Å². The zero-order valence-corrected chi connectivity index (χ0v) is 22.1. The van der Waals surface area contributed by atoms with Crippen molar-refractivity contribution in [2.24, 2.45) is 0 Å². The number of nitrogens with two attached hydrogens (primary N) is 1. The number of aryl methyl sites for hydroxylation is 2. The Morgan fingerprint density at radius 2 is 2.03 bits per heavy atom. The number of nitrogen functional groups attached to an aromatic ring is 1. The lowest BCUT2D eigenvalue weighted by molar-refractivity contribution is 0.294. The highest BCUT2D eigenvalue weighted by molar-refractivity contribution is 9.10. The largest absolute Gasteiger partial charge is 0.490 e. The van der Waals surface area contributed by atoms with Crippen molar-refractivity contribution in [3.8, 4) is 5.75 Å². The molecule has 2 heterocycles. The Morgan fingerprint density at radius 1 is 1.24 bits per heavy atom. The number of nitrogens with one attached hydrogen (secondary N) is 1. The molecule has 0 saturated carbocycles. The van der Waals surface area contributed by atoms with Gasteiger partial charge in [-0.05, 0) is 57.2 Å². The molecule has 0 bridgehead atoms. The molecule has 186 valence electrons. The number of imidazole rings is 1. The molecule has 34 heavy (non-hydrogen) atoms. The van der Waals surface area contributed by atoms with Crippen molar-refractivity contribution >= 4 is 40.4 Å². The molecule has 0 spiro atoms. The van der Waals surface area contributed by atoms with Crippen LogP contribution in [-0.2, 0) is 19.4 Å². The van der Waals surface area contributed by atoms with E-state index in [0.29, 0.717) is 29.1 Å². The molecule has 0 saturated heterocycles. The maximum absolute atomic E-state index is 14.9. The number of allylic oxidation sites excluding steroid dienone is 1. The smallest absolute Gasteiger partial charge is 0.197 e. The minimum atomic E-state index is -0.350. The van der Waals surface area contributed by atoms with Crippen LogP contribution in [-0.4, -0.2) is 31.6 Å². The third kappa shape index (κ3) is 8.43. The summed E-state index contributed by atoms with van der Waals surface area (Å²) in [6.45, 7) is 5.09. The highest BCUT2D eigenvalue weighted by atomic mass is 79.9. The zero-order valence-electron chi connectivity index (χ0n) is 19.7. The van der Waals surface area contributed by atoms with Gasteiger partial charge in [-0.25, -0.2) is 14.1 Å². The summed E-state index contributed by atoms with van der Waals surface area (Å²) in [5.41, 5.74) is 9.08. The third-order valence-electron chi connectivity index (χ3n) is 5.26. The van der Waals surface area contributed by atoms with Crippen molar-refractivity contribution in [1.29, 1.82) is 0 Å². The first-order chi connectivity index (χ1) is 16.0. The second kappa shape index (κ2) is 14.1. The van der Waals surface area contributed by atoms with E-state index in [0.717, 1.165) is 61.9 Å². The van der Waals surface area contributed by atoms with Crippen LogP contribution in [0.25, 0.3) is 6.08 Å². The second-order valence-corrected chi connectivity index (χ2v) is 9.08. The SMILES string of the molecule is CCCCOc1ccc(Br)c(/C=C(\C)Cn2cc(CCCCCc3cnc(N)[nH]3)nn2)c1F.Cl. The van der Waals surface area contributed by atoms with Crippen LogP contribution in [0.3, 0.4) is 0 Å². The molecule has 0 aliphatic carbocycles. The fraction of sp³-hybridized carbons (Fsp3) is 0.458. The molecule has 10 heteroatoms. The normalized spacial score (nSPS) is 11.5. The van der Waals surface area contributed by atoms with E-state index in [1.54, 1.807) is 16.9 Å². The lowest BCUT2D eigenvalue weighted by atomic mass is 10.1. The molecule has 7 nitrogen and oxygen atoms in total. The Hall–Kier alpha value is -2.39. The molecule has 0 aliphatic heterocycles. The number of benzene rings is 1. The summed E-state index contributed by atoms with van der Waals surface area (Å²) < 4.78 is 23.0. The first-order valence-corrected chi connectivity index (χ1v) is 12.2. The molecule has 2 aromatic heterocycles. The molecule has 0 aliphatic rings. The number of H-pyrrole nitrogens is 1. The Balaban J connectivity index is 0.00000408. The van der Waals surface area contributed by atoms with Crippen molar-refractivity contribution in [1.82, 2.24) is 25.0 Å². The lowest BCUT2D eigenvalue weighted by Crippen LogP contribution is -2.02. The van der Waals surface area contributed by atoms with E-state index in [2.05, 4.69) is 43.1 Å². The predicted octanol–water partition coefficient (Wildman–Crippen LogP) is 6.14. The average molecular weight is 556 g/mol. The fourth-order valence-corrected chi connectivity index (χ4v) is 3.92. The maximum Gasteiger partial charge on any atom is 0.197 e. The van der Waals surface area contributed by atoms with Gasteiger partial charge in [-0.15, -0.1) is 17.5 Å². The number of halogens is 3. The van der Waals surface area contributed by atoms with Crippen LogP contribution in [0.1, 0.15) is 62.9 Å². The van der Waals surface area contributed by atoms with Crippen LogP contribution in [0.15, 0.2) is 34.6 Å². The summed E-state index contributed by atoms with van der Waals surface area (Å²) in [7, 11) is 0. The van der Waals surface area contributed by atoms with E-state index in [-0.39, 0.29) is 24.0 Å². The third-order valence-corrected chi connectivity index (χ3v) is 5.95. The number of hydrogen-bond donors (Lipinski definition) is 2. The van der Waals surface area contributed by atoms with Gasteiger partial charge in [-0.3, -0.25) is 0 Å². The Morgan fingerprint density at radius 3 is 2.76 bits per heavy atom. The van der Waals surface area contributed by atoms with Crippen LogP contribution >= 0.6 is 28.3 Å². The van der Waals surface area contributed by atoms with Gasteiger partial charge in [-0.1, -0.05) is 46.5 Å². The highest BCUT2D eigenvalue weighted by Gasteiger charge is 2.12. The molecule has 0 fully saturated rings. The Labute approximate surface area is 214 Å². The lowest BCUT2D eigenvalue weighted by Gasteiger charge is -2.10. The summed E-state index contributed by atoms with van der Waals surface area (Å²) in [5, 5.41) is 8.50. The van der Waals surface area contributed by atoms with E-state index in [9.17, 15) is 4.39 Å². The van der Waals surface area contributed by atoms with Crippen molar-refractivity contribution in [3.05, 3.63) is 57.3 Å².